The molecule has 1 aliphatic heterocycles. The zero-order chi connectivity index (χ0) is 13.1. The fourth-order valence-corrected chi connectivity index (χ4v) is 2.49. The van der Waals surface area contributed by atoms with E-state index in [-0.39, 0.29) is 0 Å². The molecule has 0 amide bonds. The summed E-state index contributed by atoms with van der Waals surface area (Å²) in [6, 6.07) is 5.39. The molecule has 0 saturated heterocycles. The van der Waals surface area contributed by atoms with Gasteiger partial charge in [-0.3, -0.25) is 4.79 Å². The first-order valence-electron chi connectivity index (χ1n) is 6.47. The Bertz CT molecular complexity index is 445. The molecule has 0 spiro atoms. The molecule has 0 aromatic heterocycles. The molecule has 18 heavy (non-hydrogen) atoms. The molecule has 0 radical (unpaired) electrons. The Morgan fingerprint density at radius 1 is 1.56 bits per heavy atom. The minimum atomic E-state index is -0.942. The lowest BCUT2D eigenvalue weighted by Crippen LogP contribution is -2.32. The average molecular weight is 248 g/mol. The molecule has 3 N–H and O–H groups in total. The van der Waals surface area contributed by atoms with Gasteiger partial charge in [-0.1, -0.05) is 19.1 Å². The Morgan fingerprint density at radius 3 is 3.00 bits per heavy atom. The van der Waals surface area contributed by atoms with Gasteiger partial charge in [-0.05, 0) is 36.5 Å². The van der Waals surface area contributed by atoms with Crippen LogP contribution in [0.4, 0.5) is 5.69 Å². The molecule has 1 heterocycles. The molecule has 0 bridgehead atoms. The first-order chi connectivity index (χ1) is 8.61. The van der Waals surface area contributed by atoms with Gasteiger partial charge in [-0.15, -0.1) is 0 Å². The van der Waals surface area contributed by atoms with Crippen LogP contribution in [0.3, 0.4) is 0 Å². The second-order valence-electron chi connectivity index (χ2n) is 4.85. The lowest BCUT2D eigenvalue weighted by molar-refractivity contribution is -0.138. The number of fused-ring (bicyclic) bond motifs is 1. The van der Waals surface area contributed by atoms with Crippen LogP contribution in [-0.4, -0.2) is 30.2 Å². The van der Waals surface area contributed by atoms with E-state index in [2.05, 4.69) is 24.0 Å². The van der Waals surface area contributed by atoms with Gasteiger partial charge in [0.1, 0.15) is 6.04 Å². The van der Waals surface area contributed by atoms with E-state index in [1.807, 2.05) is 6.07 Å². The minimum absolute atomic E-state index is 0.399. The lowest BCUT2D eigenvalue weighted by Gasteiger charge is -2.18. The third-order valence-corrected chi connectivity index (χ3v) is 3.40. The molecule has 1 aromatic rings. The molecule has 0 fully saturated rings. The van der Waals surface area contributed by atoms with Gasteiger partial charge in [0.2, 0.25) is 0 Å². The number of benzene rings is 1. The predicted octanol–water partition coefficient (Wildman–Crippen LogP) is 1.41. The van der Waals surface area contributed by atoms with E-state index in [9.17, 15) is 4.79 Å². The van der Waals surface area contributed by atoms with Crippen molar-refractivity contribution in [2.45, 2.75) is 32.2 Å². The normalized spacial score (nSPS) is 15.6. The van der Waals surface area contributed by atoms with Crippen molar-refractivity contribution >= 4 is 11.7 Å². The highest BCUT2D eigenvalue weighted by Gasteiger charge is 2.19. The highest BCUT2D eigenvalue weighted by atomic mass is 16.4. The Hall–Kier alpha value is -1.55. The Labute approximate surface area is 107 Å². The number of carboxylic acids is 1. The number of carboxylic acid groups (broad SMARTS) is 1. The van der Waals surface area contributed by atoms with Crippen LogP contribution in [0.25, 0.3) is 0 Å². The summed E-state index contributed by atoms with van der Waals surface area (Å²) in [5, 5.41) is 8.82. The molecule has 2 rings (SSSR count). The van der Waals surface area contributed by atoms with Crippen molar-refractivity contribution in [1.82, 2.24) is 0 Å². The maximum atomic E-state index is 10.7. The quantitative estimate of drug-likeness (QED) is 0.827. The van der Waals surface area contributed by atoms with Gasteiger partial charge >= 0.3 is 5.97 Å². The number of hydrogen-bond acceptors (Lipinski definition) is 3. The van der Waals surface area contributed by atoms with E-state index in [1.54, 1.807) is 0 Å². The zero-order valence-corrected chi connectivity index (χ0v) is 10.7. The fourth-order valence-electron chi connectivity index (χ4n) is 2.49. The molecular formula is C14H20N2O2. The van der Waals surface area contributed by atoms with Gasteiger partial charge in [-0.25, -0.2) is 0 Å². The van der Waals surface area contributed by atoms with Crippen molar-refractivity contribution in [2.24, 2.45) is 5.73 Å². The Balaban J connectivity index is 2.12. The van der Waals surface area contributed by atoms with E-state index in [1.165, 1.54) is 11.3 Å². The summed E-state index contributed by atoms with van der Waals surface area (Å²) in [6.45, 7) is 4.33. The third kappa shape index (κ3) is 2.64. The van der Waals surface area contributed by atoms with Crippen LogP contribution in [0.15, 0.2) is 18.2 Å². The smallest absolute Gasteiger partial charge is 0.320 e. The molecule has 0 aliphatic carbocycles. The number of aliphatic carboxylic acids is 1. The molecule has 4 nitrogen and oxygen atoms in total. The maximum absolute atomic E-state index is 10.7. The number of nitrogens with two attached hydrogens (primary N) is 1. The van der Waals surface area contributed by atoms with Gasteiger partial charge in [0.25, 0.3) is 0 Å². The van der Waals surface area contributed by atoms with Crippen LogP contribution >= 0.6 is 0 Å². The SMILES string of the molecule is CCCN1CCc2cc(CC(N)C(=O)O)ccc21. The highest BCUT2D eigenvalue weighted by Crippen LogP contribution is 2.29. The number of rotatable bonds is 5. The fraction of sp³-hybridized carbons (Fsp3) is 0.500. The third-order valence-electron chi connectivity index (χ3n) is 3.40. The standard InChI is InChI=1S/C14H20N2O2/c1-2-6-16-7-5-11-8-10(3-4-13(11)16)9-12(15)14(17)18/h3-4,8,12H,2,5-7,9,15H2,1H3,(H,17,18). The summed E-state index contributed by atoms with van der Waals surface area (Å²) in [6.07, 6.45) is 2.59. The first kappa shape index (κ1) is 12.9. The van der Waals surface area contributed by atoms with E-state index in [0.29, 0.717) is 6.42 Å². The maximum Gasteiger partial charge on any atom is 0.320 e. The van der Waals surface area contributed by atoms with Crippen LogP contribution in [0.2, 0.25) is 0 Å². The van der Waals surface area contributed by atoms with Crippen molar-refractivity contribution in [3.63, 3.8) is 0 Å². The van der Waals surface area contributed by atoms with E-state index < -0.39 is 12.0 Å². The van der Waals surface area contributed by atoms with Crippen LogP contribution < -0.4 is 10.6 Å². The number of nitrogens with zero attached hydrogens (tertiary/aromatic N) is 1. The molecule has 1 unspecified atom stereocenters. The van der Waals surface area contributed by atoms with Crippen LogP contribution in [0.1, 0.15) is 24.5 Å². The van der Waals surface area contributed by atoms with Crippen molar-refractivity contribution < 1.29 is 9.90 Å². The number of hydrogen-bond donors (Lipinski definition) is 2. The van der Waals surface area contributed by atoms with Gasteiger partial charge in [0.15, 0.2) is 0 Å². The largest absolute Gasteiger partial charge is 0.480 e. The molecule has 0 saturated carbocycles. The Morgan fingerprint density at radius 2 is 2.33 bits per heavy atom. The molecular weight excluding hydrogens is 228 g/mol. The van der Waals surface area contributed by atoms with Crippen LogP contribution in [-0.2, 0) is 17.6 Å². The number of carbonyl (C=O) groups is 1. The van der Waals surface area contributed by atoms with Gasteiger partial charge in [0.05, 0.1) is 0 Å². The van der Waals surface area contributed by atoms with Gasteiger partial charge < -0.3 is 15.7 Å². The second-order valence-corrected chi connectivity index (χ2v) is 4.85. The van der Waals surface area contributed by atoms with E-state index in [4.69, 9.17) is 10.8 Å². The molecule has 1 aliphatic rings. The monoisotopic (exact) mass is 248 g/mol. The van der Waals surface area contributed by atoms with Crippen molar-refractivity contribution in [3.05, 3.63) is 29.3 Å². The van der Waals surface area contributed by atoms with Gasteiger partial charge in [0, 0.05) is 18.8 Å². The Kier molecular flexibility index (Phi) is 3.87. The molecule has 1 atom stereocenters. The second kappa shape index (κ2) is 5.40. The van der Waals surface area contributed by atoms with Crippen molar-refractivity contribution in [3.8, 4) is 0 Å². The van der Waals surface area contributed by atoms with E-state index in [0.717, 1.165) is 31.5 Å². The highest BCUT2D eigenvalue weighted by molar-refractivity contribution is 5.73. The van der Waals surface area contributed by atoms with Crippen LogP contribution in [0.5, 0.6) is 0 Å². The summed E-state index contributed by atoms with van der Waals surface area (Å²) >= 11 is 0. The first-order valence-corrected chi connectivity index (χ1v) is 6.47. The molecule has 98 valence electrons. The zero-order valence-electron chi connectivity index (χ0n) is 10.7. The average Bonchev–Trinajstić information content (AvgIpc) is 2.72. The summed E-state index contributed by atoms with van der Waals surface area (Å²) in [5.41, 5.74) is 9.19. The predicted molar refractivity (Wildman–Crippen MR) is 72.0 cm³/mol. The lowest BCUT2D eigenvalue weighted by atomic mass is 10.0. The van der Waals surface area contributed by atoms with Crippen molar-refractivity contribution in [1.29, 1.82) is 0 Å². The topological polar surface area (TPSA) is 66.6 Å². The molecule has 4 heteroatoms. The number of anilines is 1. The van der Waals surface area contributed by atoms with Crippen LogP contribution in [0, 0.1) is 0 Å². The van der Waals surface area contributed by atoms with Gasteiger partial charge in [-0.2, -0.15) is 0 Å². The summed E-state index contributed by atoms with van der Waals surface area (Å²) < 4.78 is 0. The summed E-state index contributed by atoms with van der Waals surface area (Å²) in [5.74, 6) is -0.942. The molecule has 1 aromatic carbocycles. The summed E-state index contributed by atoms with van der Waals surface area (Å²) in [7, 11) is 0. The van der Waals surface area contributed by atoms with Crippen molar-refractivity contribution in [2.75, 3.05) is 18.0 Å². The summed E-state index contributed by atoms with van der Waals surface area (Å²) in [4.78, 5) is 13.1. The van der Waals surface area contributed by atoms with E-state index >= 15 is 0 Å². The minimum Gasteiger partial charge on any atom is -0.480 e.